The summed E-state index contributed by atoms with van der Waals surface area (Å²) in [7, 11) is 0. The van der Waals surface area contributed by atoms with Crippen LogP contribution in [0.4, 0.5) is 16.5 Å². The fraction of sp³-hybridized carbons (Fsp3) is 0.150. The molecule has 0 aliphatic heterocycles. The number of aromatic nitrogens is 1. The van der Waals surface area contributed by atoms with Gasteiger partial charge in [-0.25, -0.2) is 4.98 Å². The number of anilines is 3. The van der Waals surface area contributed by atoms with E-state index in [4.69, 9.17) is 5.73 Å². The zero-order valence-corrected chi connectivity index (χ0v) is 15.7. The van der Waals surface area contributed by atoms with E-state index in [1.807, 2.05) is 54.6 Å². The Hall–Kier alpha value is -3.19. The van der Waals surface area contributed by atoms with Gasteiger partial charge in [0.25, 0.3) is 5.91 Å². The Bertz CT molecular complexity index is 936. The van der Waals surface area contributed by atoms with Crippen molar-refractivity contribution in [1.82, 2.24) is 4.98 Å². The van der Waals surface area contributed by atoms with E-state index in [-0.39, 0.29) is 11.8 Å². The maximum absolute atomic E-state index is 12.7. The van der Waals surface area contributed by atoms with Crippen molar-refractivity contribution in [3.63, 3.8) is 0 Å². The summed E-state index contributed by atoms with van der Waals surface area (Å²) in [4.78, 5) is 29.0. The third kappa shape index (κ3) is 5.15. The first-order chi connectivity index (χ1) is 13.0. The van der Waals surface area contributed by atoms with Crippen molar-refractivity contribution in [3.05, 3.63) is 70.7 Å². The maximum Gasteiger partial charge on any atom is 0.267 e. The number of nitrogen functional groups attached to an aromatic ring is 1. The first-order valence-corrected chi connectivity index (χ1v) is 9.31. The number of hydrogen-bond donors (Lipinski definition) is 3. The van der Waals surface area contributed by atoms with Crippen molar-refractivity contribution in [2.75, 3.05) is 16.4 Å². The molecule has 0 saturated carbocycles. The summed E-state index contributed by atoms with van der Waals surface area (Å²) in [6.07, 6.45) is 1.30. The lowest BCUT2D eigenvalue weighted by Gasteiger charge is -2.05. The number of carbonyl (C=O) groups excluding carboxylic acids is 2. The van der Waals surface area contributed by atoms with Crippen molar-refractivity contribution < 1.29 is 9.59 Å². The van der Waals surface area contributed by atoms with Gasteiger partial charge in [0, 0.05) is 18.3 Å². The molecule has 0 spiro atoms. The largest absolute Gasteiger partial charge is 0.399 e. The Morgan fingerprint density at radius 3 is 2.37 bits per heavy atom. The highest BCUT2D eigenvalue weighted by atomic mass is 32.1. The second-order valence-corrected chi connectivity index (χ2v) is 7.04. The van der Waals surface area contributed by atoms with Gasteiger partial charge in [-0.2, -0.15) is 0 Å². The van der Waals surface area contributed by atoms with Crippen molar-refractivity contribution >= 4 is 39.7 Å². The zero-order chi connectivity index (χ0) is 19.2. The molecule has 138 valence electrons. The standard InChI is InChI=1S/C20H20N4O2S/c1-13(25)22-20-24-17(12-9-14-7-10-15(21)11-8-14)18(27-20)19(26)23-16-5-3-2-4-6-16/h2-8,10-11H,9,12,21H2,1H3,(H,23,26)(H,22,24,25). The normalized spacial score (nSPS) is 10.4. The SMILES string of the molecule is CC(=O)Nc1nc(CCc2ccc(N)cc2)c(C(=O)Nc2ccccc2)s1. The van der Waals surface area contributed by atoms with Crippen LogP contribution in [-0.2, 0) is 17.6 Å². The predicted molar refractivity (Wildman–Crippen MR) is 109 cm³/mol. The molecule has 2 aromatic carbocycles. The molecule has 2 amide bonds. The van der Waals surface area contributed by atoms with Crippen LogP contribution in [0.15, 0.2) is 54.6 Å². The van der Waals surface area contributed by atoms with Gasteiger partial charge < -0.3 is 16.4 Å². The maximum atomic E-state index is 12.7. The lowest BCUT2D eigenvalue weighted by molar-refractivity contribution is -0.114. The predicted octanol–water partition coefficient (Wildman–Crippen LogP) is 3.72. The summed E-state index contributed by atoms with van der Waals surface area (Å²) in [5.41, 5.74) is 8.90. The number of nitrogens with one attached hydrogen (secondary N) is 2. The van der Waals surface area contributed by atoms with E-state index in [0.29, 0.717) is 33.5 Å². The second kappa shape index (κ2) is 8.46. The average Bonchev–Trinajstić information content (AvgIpc) is 3.04. The van der Waals surface area contributed by atoms with Gasteiger partial charge in [0.2, 0.25) is 5.91 Å². The van der Waals surface area contributed by atoms with Crippen LogP contribution in [0.1, 0.15) is 27.9 Å². The number of nitrogens with two attached hydrogens (primary N) is 1. The van der Waals surface area contributed by atoms with Gasteiger partial charge in [-0.1, -0.05) is 41.7 Å². The molecule has 0 bridgehead atoms. The molecule has 0 saturated heterocycles. The smallest absolute Gasteiger partial charge is 0.267 e. The number of amides is 2. The molecule has 4 N–H and O–H groups in total. The van der Waals surface area contributed by atoms with Gasteiger partial charge in [0.1, 0.15) is 4.88 Å². The fourth-order valence-corrected chi connectivity index (χ4v) is 3.51. The van der Waals surface area contributed by atoms with Crippen molar-refractivity contribution in [3.8, 4) is 0 Å². The molecule has 0 aliphatic rings. The van der Waals surface area contributed by atoms with E-state index in [0.717, 1.165) is 12.0 Å². The Balaban J connectivity index is 1.79. The molecule has 0 unspecified atom stereocenters. The molecule has 7 heteroatoms. The van der Waals surface area contributed by atoms with E-state index in [1.54, 1.807) is 0 Å². The van der Waals surface area contributed by atoms with Crippen LogP contribution in [0.25, 0.3) is 0 Å². The molecule has 0 atom stereocenters. The Labute approximate surface area is 161 Å². The number of benzene rings is 2. The van der Waals surface area contributed by atoms with Crippen molar-refractivity contribution in [2.24, 2.45) is 0 Å². The summed E-state index contributed by atoms with van der Waals surface area (Å²) < 4.78 is 0. The summed E-state index contributed by atoms with van der Waals surface area (Å²) in [5, 5.41) is 5.96. The molecule has 1 aromatic heterocycles. The van der Waals surface area contributed by atoms with E-state index < -0.39 is 0 Å². The summed E-state index contributed by atoms with van der Waals surface area (Å²) in [5.74, 6) is -0.452. The highest BCUT2D eigenvalue weighted by Gasteiger charge is 2.19. The van der Waals surface area contributed by atoms with Crippen LogP contribution >= 0.6 is 11.3 Å². The number of nitrogens with zero attached hydrogens (tertiary/aromatic N) is 1. The highest BCUT2D eigenvalue weighted by Crippen LogP contribution is 2.26. The van der Waals surface area contributed by atoms with Gasteiger partial charge in [-0.3, -0.25) is 9.59 Å². The van der Waals surface area contributed by atoms with Crippen LogP contribution < -0.4 is 16.4 Å². The molecule has 27 heavy (non-hydrogen) atoms. The number of thiazole rings is 1. The molecular weight excluding hydrogens is 360 g/mol. The number of para-hydroxylation sites is 1. The molecule has 3 aromatic rings. The molecule has 0 aliphatic carbocycles. The Morgan fingerprint density at radius 1 is 1.00 bits per heavy atom. The van der Waals surface area contributed by atoms with Gasteiger partial charge in [-0.15, -0.1) is 0 Å². The molecule has 6 nitrogen and oxygen atoms in total. The minimum Gasteiger partial charge on any atom is -0.399 e. The number of hydrogen-bond acceptors (Lipinski definition) is 5. The number of carbonyl (C=O) groups is 2. The lowest BCUT2D eigenvalue weighted by atomic mass is 10.1. The van der Waals surface area contributed by atoms with Gasteiger partial charge in [-0.05, 0) is 42.7 Å². The zero-order valence-electron chi connectivity index (χ0n) is 14.9. The first-order valence-electron chi connectivity index (χ1n) is 8.49. The third-order valence-electron chi connectivity index (χ3n) is 3.85. The first kappa shape index (κ1) is 18.6. The summed E-state index contributed by atoms with van der Waals surface area (Å²) >= 11 is 1.18. The minimum atomic E-state index is -0.234. The van der Waals surface area contributed by atoms with E-state index in [2.05, 4.69) is 15.6 Å². The summed E-state index contributed by atoms with van der Waals surface area (Å²) in [6, 6.07) is 16.9. The van der Waals surface area contributed by atoms with Gasteiger partial charge in [0.15, 0.2) is 5.13 Å². The monoisotopic (exact) mass is 380 g/mol. The van der Waals surface area contributed by atoms with Crippen molar-refractivity contribution in [2.45, 2.75) is 19.8 Å². The van der Waals surface area contributed by atoms with Crippen LogP contribution in [0.5, 0.6) is 0 Å². The highest BCUT2D eigenvalue weighted by molar-refractivity contribution is 7.17. The molecule has 3 rings (SSSR count). The van der Waals surface area contributed by atoms with Crippen LogP contribution in [0.3, 0.4) is 0 Å². The van der Waals surface area contributed by atoms with Crippen molar-refractivity contribution in [1.29, 1.82) is 0 Å². The topological polar surface area (TPSA) is 97.1 Å². The van der Waals surface area contributed by atoms with Crippen LogP contribution in [0.2, 0.25) is 0 Å². The molecule has 0 fully saturated rings. The molecular formula is C20H20N4O2S. The minimum absolute atomic E-state index is 0.219. The molecule has 1 heterocycles. The van der Waals surface area contributed by atoms with E-state index >= 15 is 0 Å². The Kier molecular flexibility index (Phi) is 5.83. The van der Waals surface area contributed by atoms with E-state index in [1.165, 1.54) is 18.3 Å². The average molecular weight is 380 g/mol. The molecule has 0 radical (unpaired) electrons. The summed E-state index contributed by atoms with van der Waals surface area (Å²) in [6.45, 7) is 1.42. The van der Waals surface area contributed by atoms with Gasteiger partial charge in [0.05, 0.1) is 5.69 Å². The van der Waals surface area contributed by atoms with E-state index in [9.17, 15) is 9.59 Å². The number of rotatable bonds is 6. The van der Waals surface area contributed by atoms with Crippen LogP contribution in [0, 0.1) is 0 Å². The van der Waals surface area contributed by atoms with Gasteiger partial charge >= 0.3 is 0 Å². The lowest BCUT2D eigenvalue weighted by Crippen LogP contribution is -2.12. The Morgan fingerprint density at radius 2 is 1.70 bits per heavy atom. The third-order valence-corrected chi connectivity index (χ3v) is 4.86. The number of aryl methyl sites for hydroxylation is 2. The fourth-order valence-electron chi connectivity index (χ4n) is 2.56. The second-order valence-electron chi connectivity index (χ2n) is 6.04. The quantitative estimate of drug-likeness (QED) is 0.568. The van der Waals surface area contributed by atoms with Crippen LogP contribution in [-0.4, -0.2) is 16.8 Å².